The number of nitrogens with one attached hydrogen (secondary N) is 1. The van der Waals surface area contributed by atoms with Crippen LogP contribution in [-0.4, -0.2) is 22.8 Å². The average molecular weight is 265 g/mol. The summed E-state index contributed by atoms with van der Waals surface area (Å²) in [5, 5.41) is 13.0. The third kappa shape index (κ3) is 2.33. The van der Waals surface area contributed by atoms with Crippen LogP contribution in [0, 0.1) is 0 Å². The van der Waals surface area contributed by atoms with Crippen LogP contribution < -0.4 is 5.32 Å². The third-order valence-electron chi connectivity index (χ3n) is 2.62. The van der Waals surface area contributed by atoms with Gasteiger partial charge in [-0.05, 0) is 12.8 Å². The van der Waals surface area contributed by atoms with Crippen LogP contribution in [0.15, 0.2) is 17.0 Å². The molecule has 1 aromatic rings. The summed E-state index contributed by atoms with van der Waals surface area (Å²) in [5.41, 5.74) is 1.19. The molecule has 2 rings (SSSR count). The smallest absolute Gasteiger partial charge is 0.328 e. The fourth-order valence-electron chi connectivity index (χ4n) is 1.92. The highest BCUT2D eigenvalue weighted by Crippen LogP contribution is 2.35. The number of rotatable bonds is 2. The van der Waals surface area contributed by atoms with Gasteiger partial charge in [-0.25, -0.2) is 4.79 Å². The van der Waals surface area contributed by atoms with Crippen molar-refractivity contribution in [3.05, 3.63) is 27.5 Å². The normalized spacial score (nSPS) is 16.5. The monoisotopic (exact) mass is 265 g/mol. The first-order valence-electron chi connectivity index (χ1n) is 5.35. The Morgan fingerprint density at radius 1 is 1.44 bits per heavy atom. The van der Waals surface area contributed by atoms with Crippen LogP contribution in [0.3, 0.4) is 0 Å². The Morgan fingerprint density at radius 3 is 2.78 bits per heavy atom. The number of ketones is 1. The van der Waals surface area contributed by atoms with E-state index in [1.54, 1.807) is 5.38 Å². The molecule has 1 heterocycles. The number of hydrogen-bond donors (Lipinski definition) is 2. The van der Waals surface area contributed by atoms with Crippen molar-refractivity contribution in [2.45, 2.75) is 19.8 Å². The molecule has 1 amide bonds. The molecule has 2 N–H and O–H groups in total. The molecular formula is C12H11NO4S. The second kappa shape index (κ2) is 4.73. The quantitative estimate of drug-likeness (QED) is 0.799. The molecule has 0 saturated heterocycles. The summed E-state index contributed by atoms with van der Waals surface area (Å²) in [7, 11) is 0. The van der Waals surface area contributed by atoms with Gasteiger partial charge in [0.05, 0.1) is 11.3 Å². The Labute approximate surface area is 107 Å². The summed E-state index contributed by atoms with van der Waals surface area (Å²) in [4.78, 5) is 34.7. The van der Waals surface area contributed by atoms with Gasteiger partial charge in [0.15, 0.2) is 5.78 Å². The first-order valence-corrected chi connectivity index (χ1v) is 6.23. The van der Waals surface area contributed by atoms with Gasteiger partial charge in [-0.3, -0.25) is 9.59 Å². The highest BCUT2D eigenvalue weighted by Gasteiger charge is 2.27. The molecule has 18 heavy (non-hydrogen) atoms. The summed E-state index contributed by atoms with van der Waals surface area (Å²) in [5.74, 6) is -1.68. The third-order valence-corrected chi connectivity index (χ3v) is 3.66. The van der Waals surface area contributed by atoms with Crippen molar-refractivity contribution in [2.75, 3.05) is 5.32 Å². The van der Waals surface area contributed by atoms with E-state index >= 15 is 0 Å². The Balaban J connectivity index is 2.41. The second-order valence-corrected chi connectivity index (χ2v) is 4.93. The topological polar surface area (TPSA) is 83.5 Å². The average Bonchev–Trinajstić information content (AvgIpc) is 2.65. The van der Waals surface area contributed by atoms with Crippen molar-refractivity contribution in [2.24, 2.45) is 0 Å². The number of carboxylic acid groups (broad SMARTS) is 1. The van der Waals surface area contributed by atoms with E-state index in [4.69, 9.17) is 5.11 Å². The number of amides is 1. The van der Waals surface area contributed by atoms with Crippen LogP contribution in [-0.2, 0) is 16.0 Å². The van der Waals surface area contributed by atoms with E-state index in [1.807, 2.05) is 0 Å². The maximum absolute atomic E-state index is 12.1. The van der Waals surface area contributed by atoms with Crippen LogP contribution in [0.5, 0.6) is 0 Å². The highest BCUT2D eigenvalue weighted by molar-refractivity contribution is 7.11. The zero-order valence-electron chi connectivity index (χ0n) is 9.65. The summed E-state index contributed by atoms with van der Waals surface area (Å²) in [6.07, 6.45) is 2.00. The summed E-state index contributed by atoms with van der Waals surface area (Å²) in [6.45, 7) is 1.37. The van der Waals surface area contributed by atoms with Gasteiger partial charge in [0.25, 0.3) is 0 Å². The summed E-state index contributed by atoms with van der Waals surface area (Å²) in [6, 6.07) is 0. The van der Waals surface area contributed by atoms with E-state index in [9.17, 15) is 14.4 Å². The van der Waals surface area contributed by atoms with Gasteiger partial charge in [-0.2, -0.15) is 0 Å². The van der Waals surface area contributed by atoms with Gasteiger partial charge in [0, 0.05) is 28.8 Å². The van der Waals surface area contributed by atoms with Crippen LogP contribution in [0.25, 0.3) is 0 Å². The lowest BCUT2D eigenvalue weighted by atomic mass is 9.91. The minimum Gasteiger partial charge on any atom is -0.478 e. The molecule has 0 unspecified atom stereocenters. The van der Waals surface area contributed by atoms with Crippen LogP contribution in [0.2, 0.25) is 0 Å². The van der Waals surface area contributed by atoms with Gasteiger partial charge in [-0.15, -0.1) is 11.3 Å². The summed E-state index contributed by atoms with van der Waals surface area (Å²) < 4.78 is 0. The van der Waals surface area contributed by atoms with Crippen molar-refractivity contribution < 1.29 is 19.5 Å². The first kappa shape index (κ1) is 12.5. The maximum Gasteiger partial charge on any atom is 0.328 e. The zero-order valence-corrected chi connectivity index (χ0v) is 10.5. The van der Waals surface area contributed by atoms with E-state index in [0.717, 1.165) is 11.0 Å². The van der Waals surface area contributed by atoms with Gasteiger partial charge in [0.2, 0.25) is 5.91 Å². The Kier molecular flexibility index (Phi) is 3.29. The number of aliphatic carboxylic acids is 1. The minimum atomic E-state index is -1.13. The van der Waals surface area contributed by atoms with Crippen molar-refractivity contribution in [1.29, 1.82) is 0 Å². The lowest BCUT2D eigenvalue weighted by molar-refractivity contribution is -0.131. The molecule has 1 aliphatic rings. The molecule has 0 fully saturated rings. The molecular weight excluding hydrogens is 254 g/mol. The number of carbonyl (C=O) groups is 3. The molecule has 0 aromatic carbocycles. The largest absolute Gasteiger partial charge is 0.478 e. The van der Waals surface area contributed by atoms with Crippen molar-refractivity contribution >= 4 is 34.7 Å². The Hall–Kier alpha value is -1.95. The van der Waals surface area contributed by atoms with Gasteiger partial charge in [-0.1, -0.05) is 0 Å². The molecule has 94 valence electrons. The molecule has 1 aliphatic carbocycles. The van der Waals surface area contributed by atoms with Crippen molar-refractivity contribution in [1.82, 2.24) is 0 Å². The highest BCUT2D eigenvalue weighted by atomic mass is 32.1. The second-order valence-electron chi connectivity index (χ2n) is 3.97. The lowest BCUT2D eigenvalue weighted by Gasteiger charge is -2.14. The Morgan fingerprint density at radius 2 is 2.17 bits per heavy atom. The number of fused-ring (bicyclic) bond motifs is 1. The van der Waals surface area contributed by atoms with E-state index in [-0.39, 0.29) is 17.3 Å². The zero-order chi connectivity index (χ0) is 13.3. The number of carboxylic acids is 1. The molecule has 5 nitrogen and oxygen atoms in total. The van der Waals surface area contributed by atoms with E-state index in [0.29, 0.717) is 24.1 Å². The number of aryl methyl sites for hydroxylation is 1. The molecule has 0 saturated carbocycles. The molecule has 0 spiro atoms. The van der Waals surface area contributed by atoms with E-state index in [2.05, 4.69) is 5.32 Å². The number of hydrogen-bond acceptors (Lipinski definition) is 4. The number of Topliss-reactive ketones (excluding diaryl/α,β-unsaturated/α-hetero) is 1. The SMILES string of the molecule is CC(=O)Nc1csc2c1C(=O)/C(=C\C(=O)O)CC2. The lowest BCUT2D eigenvalue weighted by Crippen LogP contribution is -2.16. The van der Waals surface area contributed by atoms with Crippen LogP contribution in [0.1, 0.15) is 28.6 Å². The molecule has 0 bridgehead atoms. The fraction of sp³-hybridized carbons (Fsp3) is 0.250. The number of thiophene rings is 1. The number of allylic oxidation sites excluding steroid dienone is 1. The maximum atomic E-state index is 12.1. The Bertz CT molecular complexity index is 571. The standard InChI is InChI=1S/C12H11NO4S/c1-6(14)13-8-5-18-9-3-2-7(4-10(15)16)12(17)11(8)9/h4-5H,2-3H2,1H3,(H,13,14)(H,15,16)/b7-4-. The first-order chi connectivity index (χ1) is 8.49. The fourth-order valence-corrected chi connectivity index (χ4v) is 2.90. The van der Waals surface area contributed by atoms with Gasteiger partial charge < -0.3 is 10.4 Å². The predicted molar refractivity (Wildman–Crippen MR) is 67.0 cm³/mol. The number of anilines is 1. The summed E-state index contributed by atoms with van der Waals surface area (Å²) >= 11 is 1.41. The van der Waals surface area contributed by atoms with E-state index in [1.165, 1.54) is 18.3 Å². The van der Waals surface area contributed by atoms with E-state index < -0.39 is 5.97 Å². The molecule has 6 heteroatoms. The molecule has 1 aromatic heterocycles. The van der Waals surface area contributed by atoms with Crippen LogP contribution >= 0.6 is 11.3 Å². The van der Waals surface area contributed by atoms with Crippen molar-refractivity contribution in [3.63, 3.8) is 0 Å². The molecule has 0 atom stereocenters. The number of carbonyl (C=O) groups excluding carboxylic acids is 2. The van der Waals surface area contributed by atoms with Crippen molar-refractivity contribution in [3.8, 4) is 0 Å². The minimum absolute atomic E-state index is 0.252. The van der Waals surface area contributed by atoms with Gasteiger partial charge in [0.1, 0.15) is 0 Å². The van der Waals surface area contributed by atoms with Gasteiger partial charge >= 0.3 is 5.97 Å². The molecule has 0 radical (unpaired) electrons. The van der Waals surface area contributed by atoms with Crippen LogP contribution in [0.4, 0.5) is 5.69 Å². The molecule has 0 aliphatic heterocycles. The predicted octanol–water partition coefficient (Wildman–Crippen LogP) is 1.85.